The molecule has 1 aromatic carbocycles. The summed E-state index contributed by atoms with van der Waals surface area (Å²) in [5, 5.41) is 6.02. The Kier molecular flexibility index (Phi) is 12.4. The van der Waals surface area contributed by atoms with Crippen molar-refractivity contribution < 1.29 is 19.1 Å². The number of hydrogen-bond acceptors (Lipinski definition) is 7. The molecule has 2 N–H and O–H groups in total. The summed E-state index contributed by atoms with van der Waals surface area (Å²) in [4.78, 5) is 43.1. The fourth-order valence-corrected chi connectivity index (χ4v) is 8.03. The molecule has 4 rings (SSSR count). The number of nitrogens with one attached hydrogen (secondary N) is 2. The molecule has 8 nitrogen and oxygen atoms in total. The van der Waals surface area contributed by atoms with Gasteiger partial charge in [-0.05, 0) is 56.8 Å². The zero-order valence-electron chi connectivity index (χ0n) is 24.0. The van der Waals surface area contributed by atoms with E-state index < -0.39 is 17.5 Å². The molecular formula is C30H46N4O4S2. The lowest BCUT2D eigenvalue weighted by atomic mass is 9.91. The van der Waals surface area contributed by atoms with Crippen LogP contribution in [0.3, 0.4) is 0 Å². The minimum absolute atomic E-state index is 0.00897. The first-order valence-electron chi connectivity index (χ1n) is 14.9. The van der Waals surface area contributed by atoms with Crippen molar-refractivity contribution in [3.63, 3.8) is 0 Å². The fraction of sp³-hybridized carbons (Fsp3) is 0.700. The molecule has 2 heterocycles. The molecule has 10 heteroatoms. The second kappa shape index (κ2) is 15.9. The van der Waals surface area contributed by atoms with Gasteiger partial charge in [-0.15, -0.1) is 11.8 Å². The maximum Gasteiger partial charge on any atom is 0.411 e. The lowest BCUT2D eigenvalue weighted by Crippen LogP contribution is -2.56. The van der Waals surface area contributed by atoms with E-state index in [2.05, 4.69) is 34.9 Å². The summed E-state index contributed by atoms with van der Waals surface area (Å²) in [6.07, 6.45) is 7.47. The maximum atomic E-state index is 13.7. The van der Waals surface area contributed by atoms with Crippen LogP contribution in [0.15, 0.2) is 30.3 Å². The molecule has 3 amide bonds. The minimum atomic E-state index is -0.669. The molecule has 222 valence electrons. The molecule has 0 spiro atoms. The SMILES string of the molecule is CC(C)OC(=O)N1CCSC1C(=O)N[C@@H](CSCC1CCCCC1)C(=O)N1CCC(NCc2ccccc2)CC1. The molecule has 2 aliphatic heterocycles. The summed E-state index contributed by atoms with van der Waals surface area (Å²) in [7, 11) is 0. The summed E-state index contributed by atoms with van der Waals surface area (Å²) in [6.45, 7) is 6.24. The third-order valence-corrected chi connectivity index (χ3v) is 10.4. The predicted molar refractivity (Wildman–Crippen MR) is 163 cm³/mol. The summed E-state index contributed by atoms with van der Waals surface area (Å²) in [6, 6.07) is 10.1. The number of benzene rings is 1. The number of rotatable bonds is 11. The van der Waals surface area contributed by atoms with Gasteiger partial charge in [-0.1, -0.05) is 49.6 Å². The molecule has 0 aromatic heterocycles. The number of thioether (sulfide) groups is 2. The van der Waals surface area contributed by atoms with Crippen molar-refractivity contribution in [1.29, 1.82) is 0 Å². The van der Waals surface area contributed by atoms with Crippen molar-refractivity contribution in [3.8, 4) is 0 Å². The number of carbonyl (C=O) groups excluding carboxylic acids is 3. The van der Waals surface area contributed by atoms with E-state index in [1.165, 1.54) is 54.3 Å². The highest BCUT2D eigenvalue weighted by molar-refractivity contribution is 8.00. The largest absolute Gasteiger partial charge is 0.447 e. The number of ether oxygens (including phenoxy) is 1. The Bertz CT molecular complexity index is 952. The number of likely N-dealkylation sites (tertiary alicyclic amines) is 1. The normalized spacial score (nSPS) is 21.4. The molecule has 1 aliphatic carbocycles. The molecule has 0 bridgehead atoms. The molecule has 2 atom stereocenters. The van der Waals surface area contributed by atoms with Crippen molar-refractivity contribution in [2.75, 3.05) is 36.9 Å². The van der Waals surface area contributed by atoms with Crippen LogP contribution in [0.2, 0.25) is 0 Å². The van der Waals surface area contributed by atoms with Gasteiger partial charge in [0.2, 0.25) is 5.91 Å². The summed E-state index contributed by atoms with van der Waals surface area (Å²) < 4.78 is 5.36. The zero-order chi connectivity index (χ0) is 28.3. The van der Waals surface area contributed by atoms with Gasteiger partial charge < -0.3 is 20.3 Å². The fourth-order valence-electron chi connectivity index (χ4n) is 5.65. The number of carbonyl (C=O) groups is 3. The van der Waals surface area contributed by atoms with Gasteiger partial charge in [-0.25, -0.2) is 4.79 Å². The first-order chi connectivity index (χ1) is 19.4. The van der Waals surface area contributed by atoms with E-state index in [4.69, 9.17) is 4.74 Å². The monoisotopic (exact) mass is 590 g/mol. The van der Waals surface area contributed by atoms with Crippen LogP contribution in [-0.2, 0) is 20.9 Å². The van der Waals surface area contributed by atoms with Gasteiger partial charge in [-0.2, -0.15) is 11.8 Å². The van der Waals surface area contributed by atoms with Crippen LogP contribution in [0, 0.1) is 5.92 Å². The zero-order valence-corrected chi connectivity index (χ0v) is 25.6. The number of hydrogen-bond donors (Lipinski definition) is 2. The van der Waals surface area contributed by atoms with Crippen molar-refractivity contribution in [2.24, 2.45) is 5.92 Å². The number of nitrogens with zero attached hydrogens (tertiary/aromatic N) is 2. The van der Waals surface area contributed by atoms with Crippen LogP contribution < -0.4 is 10.6 Å². The van der Waals surface area contributed by atoms with Crippen LogP contribution in [0.4, 0.5) is 4.79 Å². The Hall–Kier alpha value is -1.91. The average molecular weight is 591 g/mol. The van der Waals surface area contributed by atoms with Crippen molar-refractivity contribution in [2.45, 2.75) is 88.9 Å². The smallest absolute Gasteiger partial charge is 0.411 e. The molecule has 1 saturated carbocycles. The molecular weight excluding hydrogens is 544 g/mol. The van der Waals surface area contributed by atoms with Crippen molar-refractivity contribution >= 4 is 41.4 Å². The Labute approximate surface area is 248 Å². The third-order valence-electron chi connectivity index (χ3n) is 7.91. The summed E-state index contributed by atoms with van der Waals surface area (Å²) in [5.41, 5.74) is 1.26. The van der Waals surface area contributed by atoms with E-state index in [1.54, 1.807) is 25.6 Å². The van der Waals surface area contributed by atoms with Gasteiger partial charge >= 0.3 is 6.09 Å². The highest BCUT2D eigenvalue weighted by Gasteiger charge is 2.38. The van der Waals surface area contributed by atoms with E-state index >= 15 is 0 Å². The molecule has 0 radical (unpaired) electrons. The van der Waals surface area contributed by atoms with Gasteiger partial charge in [0, 0.05) is 43.7 Å². The second-order valence-corrected chi connectivity index (χ2v) is 13.7. The quantitative estimate of drug-likeness (QED) is 0.393. The van der Waals surface area contributed by atoms with Gasteiger partial charge in [0.05, 0.1) is 6.10 Å². The Balaban J connectivity index is 1.33. The van der Waals surface area contributed by atoms with Crippen LogP contribution in [0.1, 0.15) is 64.4 Å². The first kappa shape index (κ1) is 31.0. The lowest BCUT2D eigenvalue weighted by molar-refractivity contribution is -0.137. The topological polar surface area (TPSA) is 91.0 Å². The molecule has 2 saturated heterocycles. The van der Waals surface area contributed by atoms with Crippen molar-refractivity contribution in [1.82, 2.24) is 20.4 Å². The Morgan fingerprint density at radius 2 is 1.75 bits per heavy atom. The number of amides is 3. The Morgan fingerprint density at radius 3 is 2.45 bits per heavy atom. The summed E-state index contributed by atoms with van der Waals surface area (Å²) >= 11 is 3.21. The Morgan fingerprint density at radius 1 is 1.02 bits per heavy atom. The van der Waals surface area contributed by atoms with E-state index in [0.717, 1.165) is 25.1 Å². The summed E-state index contributed by atoms with van der Waals surface area (Å²) in [5.74, 6) is 2.66. The molecule has 3 aliphatic rings. The van der Waals surface area contributed by atoms with Crippen LogP contribution in [-0.4, -0.2) is 88.2 Å². The van der Waals surface area contributed by atoms with Crippen LogP contribution in [0.5, 0.6) is 0 Å². The molecule has 3 fully saturated rings. The van der Waals surface area contributed by atoms with Crippen LogP contribution in [0.25, 0.3) is 0 Å². The van der Waals surface area contributed by atoms with Gasteiger partial charge in [0.25, 0.3) is 5.91 Å². The highest BCUT2D eigenvalue weighted by atomic mass is 32.2. The highest BCUT2D eigenvalue weighted by Crippen LogP contribution is 2.28. The molecule has 1 aromatic rings. The first-order valence-corrected chi connectivity index (χ1v) is 17.1. The van der Waals surface area contributed by atoms with Gasteiger partial charge in [-0.3, -0.25) is 14.5 Å². The van der Waals surface area contributed by atoms with Crippen molar-refractivity contribution in [3.05, 3.63) is 35.9 Å². The maximum absolute atomic E-state index is 13.7. The molecule has 40 heavy (non-hydrogen) atoms. The van der Waals surface area contributed by atoms with Gasteiger partial charge in [0.1, 0.15) is 6.04 Å². The minimum Gasteiger partial charge on any atom is -0.447 e. The van der Waals surface area contributed by atoms with Gasteiger partial charge in [0.15, 0.2) is 5.37 Å². The van der Waals surface area contributed by atoms with Crippen LogP contribution >= 0.6 is 23.5 Å². The number of piperidine rings is 1. The lowest BCUT2D eigenvalue weighted by Gasteiger charge is -2.35. The van der Waals surface area contributed by atoms with E-state index in [0.29, 0.717) is 43.1 Å². The predicted octanol–water partition coefficient (Wildman–Crippen LogP) is 4.49. The third kappa shape index (κ3) is 9.31. The average Bonchev–Trinajstić information content (AvgIpc) is 3.47. The second-order valence-electron chi connectivity index (χ2n) is 11.4. The van der Waals surface area contributed by atoms with E-state index in [1.807, 2.05) is 11.0 Å². The van der Waals surface area contributed by atoms with E-state index in [-0.39, 0.29) is 17.9 Å². The van der Waals surface area contributed by atoms with E-state index in [9.17, 15) is 14.4 Å². The molecule has 1 unspecified atom stereocenters. The standard InChI is InChI=1S/C30H46N4O4S2/c1-22(2)38-30(37)34-17-18-40-29(34)27(35)32-26(21-39-20-24-11-7-4-8-12-24)28(36)33-15-13-25(14-16-33)31-19-23-9-5-3-6-10-23/h3,5-6,9-10,22,24-26,29,31H,4,7-8,11-21H2,1-2H3,(H,32,35)/t26-,29?/m0/s1.